The van der Waals surface area contributed by atoms with E-state index >= 15 is 0 Å². The van der Waals surface area contributed by atoms with Gasteiger partial charge in [0.15, 0.2) is 5.78 Å². The largest absolute Gasteiger partial charge is 0.294 e. The van der Waals surface area contributed by atoms with Gasteiger partial charge >= 0.3 is 0 Å². The standard InChI is InChI=1S/C14H15BrN2O/c1-10-3-5-12(15)7-13(10)14(18)6-4-11-8-16-17(2)9-11/h3,5,7-9H,4,6H2,1-2H3. The summed E-state index contributed by atoms with van der Waals surface area (Å²) in [6.07, 6.45) is 5.00. The molecule has 0 bridgehead atoms. The summed E-state index contributed by atoms with van der Waals surface area (Å²) in [4.78, 5) is 12.1. The van der Waals surface area contributed by atoms with Crippen molar-refractivity contribution in [2.45, 2.75) is 19.8 Å². The van der Waals surface area contributed by atoms with Gasteiger partial charge in [-0.15, -0.1) is 0 Å². The second-order valence-electron chi connectivity index (χ2n) is 4.40. The first-order chi connectivity index (χ1) is 8.56. The number of halogens is 1. The van der Waals surface area contributed by atoms with Crippen LogP contribution in [-0.2, 0) is 13.5 Å². The minimum Gasteiger partial charge on any atom is -0.294 e. The maximum Gasteiger partial charge on any atom is 0.163 e. The summed E-state index contributed by atoms with van der Waals surface area (Å²) in [5.74, 6) is 0.178. The van der Waals surface area contributed by atoms with Crippen molar-refractivity contribution < 1.29 is 4.79 Å². The SMILES string of the molecule is Cc1ccc(Br)cc1C(=O)CCc1cnn(C)c1. The van der Waals surface area contributed by atoms with Crippen molar-refractivity contribution in [3.63, 3.8) is 0 Å². The van der Waals surface area contributed by atoms with Crippen LogP contribution in [-0.4, -0.2) is 15.6 Å². The Balaban J connectivity index is 2.05. The van der Waals surface area contributed by atoms with E-state index in [1.807, 2.05) is 38.4 Å². The van der Waals surface area contributed by atoms with Crippen LogP contribution in [0.5, 0.6) is 0 Å². The van der Waals surface area contributed by atoms with Gasteiger partial charge in [-0.25, -0.2) is 0 Å². The third-order valence-electron chi connectivity index (χ3n) is 2.90. The van der Waals surface area contributed by atoms with E-state index in [-0.39, 0.29) is 5.78 Å². The lowest BCUT2D eigenvalue weighted by Crippen LogP contribution is -2.03. The lowest BCUT2D eigenvalue weighted by Gasteiger charge is -2.05. The molecule has 0 saturated carbocycles. The fourth-order valence-electron chi connectivity index (χ4n) is 1.89. The van der Waals surface area contributed by atoms with Crippen molar-refractivity contribution in [3.8, 4) is 0 Å². The molecular weight excluding hydrogens is 292 g/mol. The van der Waals surface area contributed by atoms with Gasteiger partial charge in [0.2, 0.25) is 0 Å². The quantitative estimate of drug-likeness (QED) is 0.812. The molecule has 3 nitrogen and oxygen atoms in total. The van der Waals surface area contributed by atoms with E-state index in [4.69, 9.17) is 0 Å². The van der Waals surface area contributed by atoms with Crippen molar-refractivity contribution in [2.75, 3.05) is 0 Å². The Labute approximate surface area is 115 Å². The van der Waals surface area contributed by atoms with Crippen LogP contribution in [0.4, 0.5) is 0 Å². The van der Waals surface area contributed by atoms with Crippen LogP contribution < -0.4 is 0 Å². The highest BCUT2D eigenvalue weighted by molar-refractivity contribution is 9.10. The Morgan fingerprint density at radius 2 is 2.22 bits per heavy atom. The lowest BCUT2D eigenvalue weighted by atomic mass is 10.0. The van der Waals surface area contributed by atoms with Crippen LogP contribution in [0.3, 0.4) is 0 Å². The molecule has 0 spiro atoms. The van der Waals surface area contributed by atoms with E-state index in [0.717, 1.165) is 27.6 Å². The Hall–Kier alpha value is -1.42. The van der Waals surface area contributed by atoms with Gasteiger partial charge in [-0.3, -0.25) is 9.48 Å². The van der Waals surface area contributed by atoms with Crippen molar-refractivity contribution in [2.24, 2.45) is 7.05 Å². The van der Waals surface area contributed by atoms with Gasteiger partial charge in [0.1, 0.15) is 0 Å². The van der Waals surface area contributed by atoms with E-state index in [0.29, 0.717) is 6.42 Å². The normalized spacial score (nSPS) is 10.6. The van der Waals surface area contributed by atoms with E-state index in [2.05, 4.69) is 21.0 Å². The number of aryl methyl sites for hydroxylation is 3. The van der Waals surface area contributed by atoms with Crippen molar-refractivity contribution >= 4 is 21.7 Å². The highest BCUT2D eigenvalue weighted by Gasteiger charge is 2.10. The third kappa shape index (κ3) is 3.07. The molecule has 0 aliphatic carbocycles. The monoisotopic (exact) mass is 306 g/mol. The molecule has 0 aliphatic rings. The van der Waals surface area contributed by atoms with Crippen LogP contribution in [0.2, 0.25) is 0 Å². The fraction of sp³-hybridized carbons (Fsp3) is 0.286. The highest BCUT2D eigenvalue weighted by atomic mass is 79.9. The average molecular weight is 307 g/mol. The summed E-state index contributed by atoms with van der Waals surface area (Å²) in [6, 6.07) is 5.80. The van der Waals surface area contributed by atoms with Crippen molar-refractivity contribution in [1.82, 2.24) is 9.78 Å². The number of carbonyl (C=O) groups is 1. The fourth-order valence-corrected chi connectivity index (χ4v) is 2.25. The molecule has 1 heterocycles. The number of carbonyl (C=O) groups excluding carboxylic acids is 1. The second-order valence-corrected chi connectivity index (χ2v) is 5.32. The van der Waals surface area contributed by atoms with Crippen LogP contribution >= 0.6 is 15.9 Å². The number of nitrogens with zero attached hydrogens (tertiary/aromatic N) is 2. The van der Waals surface area contributed by atoms with Crippen molar-refractivity contribution in [1.29, 1.82) is 0 Å². The molecule has 1 aromatic carbocycles. The van der Waals surface area contributed by atoms with Crippen LogP contribution in [0, 0.1) is 6.92 Å². The molecule has 18 heavy (non-hydrogen) atoms. The van der Waals surface area contributed by atoms with Gasteiger partial charge in [0.25, 0.3) is 0 Å². The number of hydrogen-bond acceptors (Lipinski definition) is 2. The highest BCUT2D eigenvalue weighted by Crippen LogP contribution is 2.18. The molecule has 0 aliphatic heterocycles. The Kier molecular flexibility index (Phi) is 3.97. The number of benzene rings is 1. The van der Waals surface area contributed by atoms with E-state index < -0.39 is 0 Å². The van der Waals surface area contributed by atoms with Gasteiger partial charge in [-0.05, 0) is 36.6 Å². The first-order valence-electron chi connectivity index (χ1n) is 5.83. The number of hydrogen-bond donors (Lipinski definition) is 0. The molecule has 0 amide bonds. The van der Waals surface area contributed by atoms with Gasteiger partial charge in [0.05, 0.1) is 6.20 Å². The molecule has 1 aromatic heterocycles. The van der Waals surface area contributed by atoms with Crippen LogP contribution in [0.15, 0.2) is 35.1 Å². The second kappa shape index (κ2) is 5.48. The minimum atomic E-state index is 0.178. The maximum atomic E-state index is 12.1. The molecule has 0 unspecified atom stereocenters. The molecule has 0 N–H and O–H groups in total. The summed E-state index contributed by atoms with van der Waals surface area (Å²) >= 11 is 3.40. The number of Topliss-reactive ketones (excluding diaryl/α,β-unsaturated/α-hetero) is 1. The zero-order valence-electron chi connectivity index (χ0n) is 10.5. The minimum absolute atomic E-state index is 0.178. The lowest BCUT2D eigenvalue weighted by molar-refractivity contribution is 0.0982. The number of ketones is 1. The summed E-state index contributed by atoms with van der Waals surface area (Å²) in [6.45, 7) is 1.96. The summed E-state index contributed by atoms with van der Waals surface area (Å²) in [7, 11) is 1.88. The van der Waals surface area contributed by atoms with Crippen LogP contribution in [0.1, 0.15) is 27.9 Å². The number of rotatable bonds is 4. The van der Waals surface area contributed by atoms with E-state index in [9.17, 15) is 4.79 Å². The third-order valence-corrected chi connectivity index (χ3v) is 3.39. The van der Waals surface area contributed by atoms with Gasteiger partial charge in [-0.2, -0.15) is 5.10 Å². The Morgan fingerprint density at radius 1 is 1.44 bits per heavy atom. The molecular formula is C14H15BrN2O. The molecule has 4 heteroatoms. The first-order valence-corrected chi connectivity index (χ1v) is 6.62. The van der Waals surface area contributed by atoms with Crippen LogP contribution in [0.25, 0.3) is 0 Å². The summed E-state index contributed by atoms with van der Waals surface area (Å²) < 4.78 is 2.70. The molecule has 2 aromatic rings. The zero-order chi connectivity index (χ0) is 13.1. The summed E-state index contributed by atoms with van der Waals surface area (Å²) in [5, 5.41) is 4.10. The van der Waals surface area contributed by atoms with Gasteiger partial charge in [0, 0.05) is 29.7 Å². The number of aromatic nitrogens is 2. The molecule has 0 fully saturated rings. The molecule has 0 saturated heterocycles. The predicted octanol–water partition coefficient (Wildman–Crippen LogP) is 3.31. The molecule has 94 valence electrons. The summed E-state index contributed by atoms with van der Waals surface area (Å²) in [5.41, 5.74) is 2.92. The molecule has 0 radical (unpaired) electrons. The van der Waals surface area contributed by atoms with Crippen molar-refractivity contribution in [3.05, 3.63) is 51.8 Å². The molecule has 2 rings (SSSR count). The Bertz CT molecular complexity index is 575. The molecule has 0 atom stereocenters. The zero-order valence-corrected chi connectivity index (χ0v) is 12.1. The van der Waals surface area contributed by atoms with Gasteiger partial charge in [-0.1, -0.05) is 22.0 Å². The average Bonchev–Trinajstić information content (AvgIpc) is 2.75. The van der Waals surface area contributed by atoms with E-state index in [1.165, 1.54) is 0 Å². The van der Waals surface area contributed by atoms with Gasteiger partial charge < -0.3 is 0 Å². The van der Waals surface area contributed by atoms with E-state index in [1.54, 1.807) is 10.9 Å². The predicted molar refractivity (Wildman–Crippen MR) is 74.7 cm³/mol. The topological polar surface area (TPSA) is 34.9 Å². The Morgan fingerprint density at radius 3 is 2.89 bits per heavy atom. The smallest absolute Gasteiger partial charge is 0.163 e. The first kappa shape index (κ1) is 13.0. The maximum absolute atomic E-state index is 12.1.